The zero-order valence-electron chi connectivity index (χ0n) is 12.9. The van der Waals surface area contributed by atoms with Gasteiger partial charge in [0, 0.05) is 30.2 Å². The molecular weight excluding hydrogens is 308 g/mol. The number of amides is 1. The third-order valence-electron chi connectivity index (χ3n) is 4.71. The second-order valence-electron chi connectivity index (χ2n) is 6.21. The van der Waals surface area contributed by atoms with Crippen LogP contribution in [0.2, 0.25) is 0 Å². The highest BCUT2D eigenvalue weighted by atomic mass is 32.1. The van der Waals surface area contributed by atoms with Gasteiger partial charge in [0.25, 0.3) is 0 Å². The van der Waals surface area contributed by atoms with Gasteiger partial charge in [-0.05, 0) is 37.9 Å². The van der Waals surface area contributed by atoms with Crippen LogP contribution in [0.3, 0.4) is 0 Å². The van der Waals surface area contributed by atoms with Gasteiger partial charge in [-0.15, -0.1) is 11.3 Å². The van der Waals surface area contributed by atoms with Gasteiger partial charge in [0.05, 0.1) is 17.8 Å². The van der Waals surface area contributed by atoms with E-state index in [1.54, 1.807) is 17.5 Å². The van der Waals surface area contributed by atoms with E-state index < -0.39 is 0 Å². The number of rotatable bonds is 3. The molecule has 1 N–H and O–H groups in total. The smallest absolute Gasteiger partial charge is 0.229 e. The van der Waals surface area contributed by atoms with Crippen molar-refractivity contribution in [2.24, 2.45) is 0 Å². The molecule has 2 aromatic rings. The monoisotopic (exact) mass is 328 g/mol. The molecule has 2 fully saturated rings. The van der Waals surface area contributed by atoms with Gasteiger partial charge in [-0.25, -0.2) is 4.98 Å². The van der Waals surface area contributed by atoms with Gasteiger partial charge in [0.1, 0.15) is 5.01 Å². The van der Waals surface area contributed by atoms with Crippen LogP contribution >= 0.6 is 11.3 Å². The molecule has 2 aliphatic rings. The largest absolute Gasteiger partial charge is 0.335 e. The number of pyridine rings is 1. The maximum absolute atomic E-state index is 12.8. The maximum atomic E-state index is 12.8. The molecule has 0 aromatic carbocycles. The van der Waals surface area contributed by atoms with Crippen LogP contribution in [0.5, 0.6) is 0 Å². The van der Waals surface area contributed by atoms with Crippen LogP contribution < -0.4 is 5.32 Å². The molecule has 0 saturated carbocycles. The van der Waals surface area contributed by atoms with Crippen LogP contribution in [0, 0.1) is 0 Å². The van der Waals surface area contributed by atoms with Crippen molar-refractivity contribution in [2.75, 3.05) is 13.1 Å². The van der Waals surface area contributed by atoms with Crippen molar-refractivity contribution in [1.82, 2.24) is 20.2 Å². The van der Waals surface area contributed by atoms with E-state index in [2.05, 4.69) is 20.2 Å². The fourth-order valence-electron chi connectivity index (χ4n) is 3.63. The molecule has 120 valence electrons. The number of thiazole rings is 1. The average Bonchev–Trinajstić information content (AvgIpc) is 3.11. The molecule has 2 atom stereocenters. The Labute approximate surface area is 139 Å². The summed E-state index contributed by atoms with van der Waals surface area (Å²) in [6, 6.07) is 6.58. The lowest BCUT2D eigenvalue weighted by Crippen LogP contribution is -2.43. The van der Waals surface area contributed by atoms with E-state index in [0.29, 0.717) is 18.5 Å². The summed E-state index contributed by atoms with van der Waals surface area (Å²) in [5.41, 5.74) is 1.73. The van der Waals surface area contributed by atoms with Gasteiger partial charge in [0.2, 0.25) is 5.91 Å². The van der Waals surface area contributed by atoms with E-state index in [1.165, 1.54) is 0 Å². The number of aromatic nitrogens is 2. The molecule has 0 aliphatic carbocycles. The Hall–Kier alpha value is -1.79. The van der Waals surface area contributed by atoms with Crippen molar-refractivity contribution in [2.45, 2.75) is 37.8 Å². The zero-order chi connectivity index (χ0) is 15.6. The van der Waals surface area contributed by atoms with Crippen LogP contribution in [0.1, 0.15) is 25.0 Å². The van der Waals surface area contributed by atoms with E-state index in [-0.39, 0.29) is 5.91 Å². The summed E-state index contributed by atoms with van der Waals surface area (Å²) in [6.07, 6.45) is 5.51. The fourth-order valence-corrected chi connectivity index (χ4v) is 4.43. The lowest BCUT2D eigenvalue weighted by molar-refractivity contribution is -0.133. The van der Waals surface area contributed by atoms with Crippen LogP contribution in [-0.2, 0) is 11.2 Å². The summed E-state index contributed by atoms with van der Waals surface area (Å²) in [7, 11) is 0. The quantitative estimate of drug-likeness (QED) is 0.937. The number of fused-ring (bicyclic) bond motifs is 2. The van der Waals surface area contributed by atoms with Crippen LogP contribution in [0.4, 0.5) is 0 Å². The Morgan fingerprint density at radius 2 is 2.22 bits per heavy atom. The molecule has 2 aromatic heterocycles. The number of nitrogens with one attached hydrogen (secondary N) is 1. The van der Waals surface area contributed by atoms with Crippen molar-refractivity contribution in [3.8, 4) is 10.7 Å². The van der Waals surface area contributed by atoms with Crippen molar-refractivity contribution in [3.63, 3.8) is 0 Å². The molecule has 0 radical (unpaired) electrons. The number of nitrogens with zero attached hydrogens (tertiary/aromatic N) is 3. The lowest BCUT2D eigenvalue weighted by Gasteiger charge is -2.27. The minimum atomic E-state index is 0.221. The van der Waals surface area contributed by atoms with Gasteiger partial charge < -0.3 is 10.2 Å². The van der Waals surface area contributed by atoms with Crippen molar-refractivity contribution < 1.29 is 4.79 Å². The Morgan fingerprint density at radius 3 is 3.09 bits per heavy atom. The number of carbonyl (C=O) groups excluding carboxylic acids is 1. The van der Waals surface area contributed by atoms with Gasteiger partial charge in [-0.1, -0.05) is 6.07 Å². The van der Waals surface area contributed by atoms with Crippen LogP contribution in [-0.4, -0.2) is 45.9 Å². The second kappa shape index (κ2) is 6.37. The highest BCUT2D eigenvalue weighted by Crippen LogP contribution is 2.29. The SMILES string of the molecule is O=C(Cc1csc(-c2ccccn2)n1)N1C2CCNCC1CC2. The number of carbonyl (C=O) groups is 1. The third-order valence-corrected chi connectivity index (χ3v) is 5.62. The van der Waals surface area contributed by atoms with Crippen molar-refractivity contribution in [3.05, 3.63) is 35.5 Å². The lowest BCUT2D eigenvalue weighted by atomic mass is 10.1. The van der Waals surface area contributed by atoms with Crippen LogP contribution in [0.25, 0.3) is 10.7 Å². The molecule has 23 heavy (non-hydrogen) atoms. The molecule has 2 bridgehead atoms. The molecular formula is C17H20N4OS. The molecule has 0 spiro atoms. The Bertz CT molecular complexity index is 673. The topological polar surface area (TPSA) is 58.1 Å². The first-order valence-electron chi connectivity index (χ1n) is 8.19. The van der Waals surface area contributed by atoms with E-state index in [4.69, 9.17) is 0 Å². The van der Waals surface area contributed by atoms with Crippen molar-refractivity contribution in [1.29, 1.82) is 0 Å². The molecule has 4 rings (SSSR count). The first-order chi connectivity index (χ1) is 11.3. The predicted molar refractivity (Wildman–Crippen MR) is 90.2 cm³/mol. The number of hydrogen-bond acceptors (Lipinski definition) is 5. The minimum absolute atomic E-state index is 0.221. The summed E-state index contributed by atoms with van der Waals surface area (Å²) in [5.74, 6) is 0.221. The highest BCUT2D eigenvalue weighted by molar-refractivity contribution is 7.13. The third kappa shape index (κ3) is 3.01. The summed E-state index contributed by atoms with van der Waals surface area (Å²) < 4.78 is 0. The van der Waals surface area contributed by atoms with Crippen LogP contribution in [0.15, 0.2) is 29.8 Å². The van der Waals surface area contributed by atoms with Crippen molar-refractivity contribution >= 4 is 17.2 Å². The Balaban J connectivity index is 1.48. The van der Waals surface area contributed by atoms with E-state index in [9.17, 15) is 4.79 Å². The normalized spacial score (nSPS) is 23.7. The zero-order valence-corrected chi connectivity index (χ0v) is 13.8. The van der Waals surface area contributed by atoms with Gasteiger partial charge >= 0.3 is 0 Å². The fraction of sp³-hybridized carbons (Fsp3) is 0.471. The van der Waals surface area contributed by atoms with Gasteiger partial charge in [0.15, 0.2) is 0 Å². The first-order valence-corrected chi connectivity index (χ1v) is 9.07. The van der Waals surface area contributed by atoms with E-state index in [1.807, 2.05) is 23.6 Å². The van der Waals surface area contributed by atoms with Gasteiger partial charge in [-0.3, -0.25) is 9.78 Å². The molecule has 2 aliphatic heterocycles. The molecule has 5 nitrogen and oxygen atoms in total. The van der Waals surface area contributed by atoms with E-state index >= 15 is 0 Å². The maximum Gasteiger partial charge on any atom is 0.229 e. The molecule has 2 unspecified atom stereocenters. The summed E-state index contributed by atoms with van der Waals surface area (Å²) in [6.45, 7) is 1.95. The Kier molecular flexibility index (Phi) is 4.10. The van der Waals surface area contributed by atoms with E-state index in [0.717, 1.165) is 48.7 Å². The summed E-state index contributed by atoms with van der Waals surface area (Å²) >= 11 is 1.56. The first kappa shape index (κ1) is 14.8. The van der Waals surface area contributed by atoms with Gasteiger partial charge in [-0.2, -0.15) is 0 Å². The molecule has 6 heteroatoms. The average molecular weight is 328 g/mol. The Morgan fingerprint density at radius 1 is 1.30 bits per heavy atom. The highest BCUT2D eigenvalue weighted by Gasteiger charge is 2.37. The molecule has 4 heterocycles. The summed E-state index contributed by atoms with van der Waals surface area (Å²) in [4.78, 5) is 23.8. The number of hydrogen-bond donors (Lipinski definition) is 1. The molecule has 2 saturated heterocycles. The predicted octanol–water partition coefficient (Wildman–Crippen LogP) is 2.10. The standard InChI is InChI=1S/C17H20N4OS/c22-16(21-13-4-5-14(21)10-18-8-6-13)9-12-11-23-17(20-12)15-3-1-2-7-19-15/h1-3,7,11,13-14,18H,4-6,8-10H2. The molecule has 1 amide bonds. The summed E-state index contributed by atoms with van der Waals surface area (Å²) in [5, 5.41) is 6.31. The minimum Gasteiger partial charge on any atom is -0.335 e. The second-order valence-corrected chi connectivity index (χ2v) is 7.07.